The fourth-order valence-corrected chi connectivity index (χ4v) is 3.15. The smallest absolute Gasteiger partial charge is 0.308 e. The third kappa shape index (κ3) is 4.50. The lowest BCUT2D eigenvalue weighted by Crippen LogP contribution is -2.39. The van der Waals surface area contributed by atoms with Crippen LogP contribution in [0.25, 0.3) is 0 Å². The summed E-state index contributed by atoms with van der Waals surface area (Å²) in [6.45, 7) is 2.07. The molecule has 2 fully saturated rings. The van der Waals surface area contributed by atoms with Crippen LogP contribution in [0.5, 0.6) is 0 Å². The molecule has 0 aromatic rings. The largest absolute Gasteiger partial charge is 0.481 e. The zero-order valence-electron chi connectivity index (χ0n) is 12.5. The van der Waals surface area contributed by atoms with Crippen LogP contribution in [0.15, 0.2) is 0 Å². The van der Waals surface area contributed by atoms with Crippen molar-refractivity contribution < 1.29 is 14.7 Å². The molecule has 4 nitrogen and oxygen atoms in total. The Balaban J connectivity index is 1.87. The molecule has 2 aliphatic rings. The molecule has 0 saturated heterocycles. The second kappa shape index (κ2) is 7.09. The van der Waals surface area contributed by atoms with Gasteiger partial charge in [0.15, 0.2) is 0 Å². The van der Waals surface area contributed by atoms with E-state index in [0.717, 1.165) is 12.8 Å². The highest BCUT2D eigenvalue weighted by molar-refractivity contribution is 5.78. The van der Waals surface area contributed by atoms with E-state index in [0.29, 0.717) is 24.9 Å². The number of carboxylic acid groups (broad SMARTS) is 1. The first-order valence-electron chi connectivity index (χ1n) is 8.10. The van der Waals surface area contributed by atoms with Gasteiger partial charge in [0.2, 0.25) is 5.91 Å². The number of hydrogen-bond donors (Lipinski definition) is 1. The summed E-state index contributed by atoms with van der Waals surface area (Å²) in [5, 5.41) is 9.04. The van der Waals surface area contributed by atoms with Crippen LogP contribution in [-0.4, -0.2) is 34.5 Å². The van der Waals surface area contributed by atoms with Gasteiger partial charge in [-0.25, -0.2) is 0 Å². The van der Waals surface area contributed by atoms with E-state index in [4.69, 9.17) is 5.11 Å². The Morgan fingerprint density at radius 1 is 1.10 bits per heavy atom. The molecule has 2 rings (SSSR count). The van der Waals surface area contributed by atoms with Crippen molar-refractivity contribution in [2.24, 2.45) is 11.8 Å². The van der Waals surface area contributed by atoms with Crippen LogP contribution in [-0.2, 0) is 9.59 Å². The first-order valence-corrected chi connectivity index (χ1v) is 8.10. The summed E-state index contributed by atoms with van der Waals surface area (Å²) >= 11 is 0. The van der Waals surface area contributed by atoms with Gasteiger partial charge in [0, 0.05) is 19.0 Å². The summed E-state index contributed by atoms with van der Waals surface area (Å²) in [4.78, 5) is 25.3. The van der Waals surface area contributed by atoms with E-state index < -0.39 is 11.9 Å². The Morgan fingerprint density at radius 2 is 1.70 bits per heavy atom. The minimum atomic E-state index is -0.807. The van der Waals surface area contributed by atoms with Gasteiger partial charge >= 0.3 is 5.97 Å². The summed E-state index contributed by atoms with van der Waals surface area (Å²) < 4.78 is 0. The molecule has 0 bridgehead atoms. The molecule has 0 aliphatic heterocycles. The molecule has 4 heteroatoms. The van der Waals surface area contributed by atoms with E-state index >= 15 is 0 Å². The number of nitrogens with zero attached hydrogens (tertiary/aromatic N) is 1. The number of hydrogen-bond acceptors (Lipinski definition) is 2. The molecule has 114 valence electrons. The number of rotatable bonds is 6. The van der Waals surface area contributed by atoms with Crippen LogP contribution in [0, 0.1) is 11.8 Å². The van der Waals surface area contributed by atoms with Gasteiger partial charge in [0.1, 0.15) is 0 Å². The van der Waals surface area contributed by atoms with Crippen molar-refractivity contribution in [2.75, 3.05) is 6.54 Å². The molecule has 0 radical (unpaired) electrons. The Hall–Kier alpha value is -1.06. The number of carbonyl (C=O) groups is 2. The van der Waals surface area contributed by atoms with Crippen molar-refractivity contribution in [3.63, 3.8) is 0 Å². The van der Waals surface area contributed by atoms with E-state index in [9.17, 15) is 9.59 Å². The summed E-state index contributed by atoms with van der Waals surface area (Å²) in [6, 6.07) is 0.315. The number of aliphatic carboxylic acids is 1. The molecule has 0 aromatic heterocycles. The lowest BCUT2D eigenvalue weighted by atomic mass is 9.95. The molecule has 0 aromatic carbocycles. The maximum atomic E-state index is 12.5. The van der Waals surface area contributed by atoms with Crippen LogP contribution in [0.4, 0.5) is 0 Å². The highest BCUT2D eigenvalue weighted by Crippen LogP contribution is 2.31. The third-order valence-corrected chi connectivity index (χ3v) is 4.64. The monoisotopic (exact) mass is 281 g/mol. The van der Waals surface area contributed by atoms with Crippen LogP contribution in [0.2, 0.25) is 0 Å². The standard InChI is InChI=1S/C16H27NO3/c1-12(16(19)20)11-17(14-8-9-14)15(18)10-13-6-4-2-3-5-7-13/h12-14H,2-11H2,1H3,(H,19,20). The fraction of sp³-hybridized carbons (Fsp3) is 0.875. The Morgan fingerprint density at radius 3 is 2.20 bits per heavy atom. The van der Waals surface area contributed by atoms with Crippen LogP contribution in [0.1, 0.15) is 64.7 Å². The van der Waals surface area contributed by atoms with Gasteiger partial charge in [0.05, 0.1) is 5.92 Å². The zero-order valence-corrected chi connectivity index (χ0v) is 12.5. The summed E-state index contributed by atoms with van der Waals surface area (Å²) in [7, 11) is 0. The maximum absolute atomic E-state index is 12.5. The highest BCUT2D eigenvalue weighted by atomic mass is 16.4. The topological polar surface area (TPSA) is 57.6 Å². The second-order valence-electron chi connectivity index (χ2n) is 6.58. The maximum Gasteiger partial charge on any atom is 0.308 e. The molecule has 2 aliphatic carbocycles. The van der Waals surface area contributed by atoms with E-state index in [1.54, 1.807) is 6.92 Å². The summed E-state index contributed by atoms with van der Waals surface area (Å²) in [6.07, 6.45) is 10.1. The van der Waals surface area contributed by atoms with Gasteiger partial charge in [-0.1, -0.05) is 32.6 Å². The van der Waals surface area contributed by atoms with Gasteiger partial charge in [0.25, 0.3) is 0 Å². The molecular formula is C16H27NO3. The van der Waals surface area contributed by atoms with Crippen molar-refractivity contribution in [2.45, 2.75) is 70.8 Å². The second-order valence-corrected chi connectivity index (χ2v) is 6.58. The molecule has 1 amide bonds. The van der Waals surface area contributed by atoms with Crippen LogP contribution >= 0.6 is 0 Å². The molecule has 1 N–H and O–H groups in total. The SMILES string of the molecule is CC(CN(C(=O)CC1CCCCCC1)C1CC1)C(=O)O. The molecule has 1 atom stereocenters. The third-order valence-electron chi connectivity index (χ3n) is 4.64. The number of amides is 1. The molecule has 0 heterocycles. The Bertz CT molecular complexity index is 344. The average molecular weight is 281 g/mol. The van der Waals surface area contributed by atoms with Gasteiger partial charge in [-0.3, -0.25) is 9.59 Å². The minimum absolute atomic E-state index is 0.188. The van der Waals surface area contributed by atoms with Crippen molar-refractivity contribution in [3.8, 4) is 0 Å². The van der Waals surface area contributed by atoms with Crippen molar-refractivity contribution in [1.29, 1.82) is 0 Å². The van der Waals surface area contributed by atoms with Gasteiger partial charge in [-0.05, 0) is 31.6 Å². The van der Waals surface area contributed by atoms with E-state index in [1.165, 1.54) is 38.5 Å². The van der Waals surface area contributed by atoms with E-state index in [-0.39, 0.29) is 5.91 Å². The lowest BCUT2D eigenvalue weighted by molar-refractivity contribution is -0.143. The normalized spacial score (nSPS) is 22.1. The van der Waals surface area contributed by atoms with Crippen LogP contribution < -0.4 is 0 Å². The van der Waals surface area contributed by atoms with Crippen molar-refractivity contribution >= 4 is 11.9 Å². The Kier molecular flexibility index (Phi) is 5.44. The predicted octanol–water partition coefficient (Wildman–Crippen LogP) is 3.06. The quantitative estimate of drug-likeness (QED) is 0.761. The predicted molar refractivity (Wildman–Crippen MR) is 77.3 cm³/mol. The van der Waals surface area contributed by atoms with Crippen molar-refractivity contribution in [3.05, 3.63) is 0 Å². The number of carboxylic acids is 1. The van der Waals surface area contributed by atoms with E-state index in [1.807, 2.05) is 4.90 Å². The van der Waals surface area contributed by atoms with E-state index in [2.05, 4.69) is 0 Å². The Labute approximate surface area is 121 Å². The molecule has 20 heavy (non-hydrogen) atoms. The fourth-order valence-electron chi connectivity index (χ4n) is 3.15. The van der Waals surface area contributed by atoms with Gasteiger partial charge in [-0.15, -0.1) is 0 Å². The highest BCUT2D eigenvalue weighted by Gasteiger charge is 2.35. The summed E-state index contributed by atoms with van der Waals surface area (Å²) in [5.41, 5.74) is 0. The molecular weight excluding hydrogens is 254 g/mol. The molecule has 2 saturated carbocycles. The zero-order chi connectivity index (χ0) is 14.5. The van der Waals surface area contributed by atoms with Crippen LogP contribution in [0.3, 0.4) is 0 Å². The van der Waals surface area contributed by atoms with Gasteiger partial charge < -0.3 is 10.0 Å². The first kappa shape index (κ1) is 15.3. The lowest BCUT2D eigenvalue weighted by Gasteiger charge is -2.26. The summed E-state index contributed by atoms with van der Waals surface area (Å²) in [5.74, 6) is -0.564. The number of carbonyl (C=O) groups excluding carboxylic acids is 1. The molecule has 1 unspecified atom stereocenters. The first-order chi connectivity index (χ1) is 9.58. The van der Waals surface area contributed by atoms with Gasteiger partial charge in [-0.2, -0.15) is 0 Å². The average Bonchev–Trinajstić information content (AvgIpc) is 3.22. The van der Waals surface area contributed by atoms with Crippen molar-refractivity contribution in [1.82, 2.24) is 4.90 Å². The molecule has 0 spiro atoms. The minimum Gasteiger partial charge on any atom is -0.481 e.